The molecule has 0 saturated carbocycles. The molecule has 1 rings (SSSR count). The quantitative estimate of drug-likeness (QED) is 0.376. The molecule has 0 aliphatic carbocycles. The van der Waals surface area contributed by atoms with E-state index in [1.807, 2.05) is 12.1 Å². The standard InChI is InChI=1S/C13H21IN2O2S/c14-8-3-1-2-4-9-16-19(17,18)12-7-13-5-10-15-11-6-13/h5-6,10-11,16H,1-4,7-9,12H2. The first-order chi connectivity index (χ1) is 9.14. The summed E-state index contributed by atoms with van der Waals surface area (Å²) in [4.78, 5) is 3.91. The summed E-state index contributed by atoms with van der Waals surface area (Å²) in [7, 11) is -3.14. The van der Waals surface area contributed by atoms with Crippen LogP contribution in [0, 0.1) is 0 Å². The lowest BCUT2D eigenvalue weighted by Gasteiger charge is -2.06. The van der Waals surface area contributed by atoms with E-state index in [1.165, 1.54) is 17.3 Å². The largest absolute Gasteiger partial charge is 0.265 e. The number of hydrogen-bond donors (Lipinski definition) is 1. The lowest BCUT2D eigenvalue weighted by molar-refractivity contribution is 0.573. The van der Waals surface area contributed by atoms with Gasteiger partial charge in [0.2, 0.25) is 10.0 Å². The minimum absolute atomic E-state index is 0.144. The van der Waals surface area contributed by atoms with Crippen molar-refractivity contribution in [1.29, 1.82) is 0 Å². The summed E-state index contributed by atoms with van der Waals surface area (Å²) in [5, 5.41) is 0. The van der Waals surface area contributed by atoms with Gasteiger partial charge in [-0.05, 0) is 41.4 Å². The molecular formula is C13H21IN2O2S. The van der Waals surface area contributed by atoms with E-state index in [9.17, 15) is 8.42 Å². The highest BCUT2D eigenvalue weighted by Crippen LogP contribution is 2.03. The van der Waals surface area contributed by atoms with Crippen LogP contribution in [0.4, 0.5) is 0 Å². The number of aryl methyl sites for hydroxylation is 1. The fourth-order valence-corrected chi connectivity index (χ4v) is 3.32. The lowest BCUT2D eigenvalue weighted by Crippen LogP contribution is -2.28. The minimum atomic E-state index is -3.14. The summed E-state index contributed by atoms with van der Waals surface area (Å²) in [6.07, 6.45) is 8.32. The molecule has 0 bridgehead atoms. The maximum absolute atomic E-state index is 11.8. The molecular weight excluding hydrogens is 375 g/mol. The van der Waals surface area contributed by atoms with Crippen molar-refractivity contribution in [3.05, 3.63) is 30.1 Å². The molecule has 108 valence electrons. The van der Waals surface area contributed by atoms with Crippen LogP contribution in [0.1, 0.15) is 31.2 Å². The van der Waals surface area contributed by atoms with Gasteiger partial charge in [0, 0.05) is 18.9 Å². The summed E-state index contributed by atoms with van der Waals surface area (Å²) in [5.41, 5.74) is 1.00. The number of nitrogens with zero attached hydrogens (tertiary/aromatic N) is 1. The SMILES string of the molecule is O=S(=O)(CCc1ccncc1)NCCCCCCI. The Kier molecular flexibility index (Phi) is 8.56. The molecule has 0 amide bonds. The average Bonchev–Trinajstić information content (AvgIpc) is 2.42. The van der Waals surface area contributed by atoms with Crippen LogP contribution in [0.15, 0.2) is 24.5 Å². The number of rotatable bonds is 10. The summed E-state index contributed by atoms with van der Waals surface area (Å²) in [6.45, 7) is 0.555. The summed E-state index contributed by atoms with van der Waals surface area (Å²) < 4.78 is 27.4. The topological polar surface area (TPSA) is 59.1 Å². The number of nitrogens with one attached hydrogen (secondary N) is 1. The number of alkyl halides is 1. The third kappa shape index (κ3) is 8.54. The van der Waals surface area contributed by atoms with Gasteiger partial charge in [-0.2, -0.15) is 0 Å². The molecule has 0 radical (unpaired) electrons. The highest BCUT2D eigenvalue weighted by molar-refractivity contribution is 14.1. The summed E-state index contributed by atoms with van der Waals surface area (Å²) >= 11 is 2.36. The van der Waals surface area contributed by atoms with Crippen molar-refractivity contribution in [3.63, 3.8) is 0 Å². The molecule has 4 nitrogen and oxygen atoms in total. The Bertz CT molecular complexity index is 437. The first-order valence-corrected chi connectivity index (χ1v) is 9.74. The molecule has 1 aromatic heterocycles. The van der Waals surface area contributed by atoms with Gasteiger partial charge in [0.25, 0.3) is 0 Å². The van der Waals surface area contributed by atoms with Crippen LogP contribution >= 0.6 is 22.6 Å². The maximum Gasteiger partial charge on any atom is 0.211 e. The molecule has 1 heterocycles. The molecule has 19 heavy (non-hydrogen) atoms. The number of sulfonamides is 1. The Hall–Kier alpha value is -0.210. The normalized spacial score (nSPS) is 11.6. The summed E-state index contributed by atoms with van der Waals surface area (Å²) in [5.74, 6) is 0.144. The molecule has 0 aliphatic rings. The number of unbranched alkanes of at least 4 members (excludes halogenated alkanes) is 3. The Balaban J connectivity index is 2.17. The molecule has 0 atom stereocenters. The molecule has 0 aromatic carbocycles. The van der Waals surface area contributed by atoms with E-state index in [2.05, 4.69) is 32.3 Å². The minimum Gasteiger partial charge on any atom is -0.265 e. The van der Waals surface area contributed by atoms with Gasteiger partial charge < -0.3 is 0 Å². The molecule has 0 fully saturated rings. The molecule has 1 aromatic rings. The fraction of sp³-hybridized carbons (Fsp3) is 0.615. The van der Waals surface area contributed by atoms with Gasteiger partial charge >= 0.3 is 0 Å². The van der Waals surface area contributed by atoms with Gasteiger partial charge in [0.05, 0.1) is 5.75 Å². The summed E-state index contributed by atoms with van der Waals surface area (Å²) in [6, 6.07) is 3.69. The molecule has 1 N–H and O–H groups in total. The monoisotopic (exact) mass is 396 g/mol. The van der Waals surface area contributed by atoms with Crippen LogP contribution in [-0.2, 0) is 16.4 Å². The van der Waals surface area contributed by atoms with Crippen molar-refractivity contribution in [1.82, 2.24) is 9.71 Å². The Morgan fingerprint density at radius 3 is 2.47 bits per heavy atom. The zero-order valence-corrected chi connectivity index (χ0v) is 14.0. The smallest absolute Gasteiger partial charge is 0.211 e. The van der Waals surface area contributed by atoms with Crippen molar-refractivity contribution in [2.75, 3.05) is 16.7 Å². The number of hydrogen-bond acceptors (Lipinski definition) is 3. The van der Waals surface area contributed by atoms with Gasteiger partial charge in [0.1, 0.15) is 0 Å². The van der Waals surface area contributed by atoms with Gasteiger partial charge in [-0.3, -0.25) is 4.98 Å². The van der Waals surface area contributed by atoms with Crippen LogP contribution in [0.25, 0.3) is 0 Å². The van der Waals surface area contributed by atoms with Crippen molar-refractivity contribution in [2.24, 2.45) is 0 Å². The van der Waals surface area contributed by atoms with Gasteiger partial charge in [-0.15, -0.1) is 0 Å². The van der Waals surface area contributed by atoms with Crippen molar-refractivity contribution >= 4 is 32.6 Å². The molecule has 0 spiro atoms. The van der Waals surface area contributed by atoms with Crippen LogP contribution < -0.4 is 4.72 Å². The predicted octanol–water partition coefficient (Wildman–Crippen LogP) is 2.54. The number of halogens is 1. The van der Waals surface area contributed by atoms with Crippen LogP contribution in [0.3, 0.4) is 0 Å². The third-order valence-electron chi connectivity index (χ3n) is 2.79. The average molecular weight is 396 g/mol. The van der Waals surface area contributed by atoms with Gasteiger partial charge in [-0.25, -0.2) is 13.1 Å². The first-order valence-electron chi connectivity index (χ1n) is 6.56. The van der Waals surface area contributed by atoms with Crippen molar-refractivity contribution in [3.8, 4) is 0 Å². The lowest BCUT2D eigenvalue weighted by atomic mass is 10.2. The van der Waals surface area contributed by atoms with E-state index in [0.717, 1.165) is 18.4 Å². The molecule has 6 heteroatoms. The van der Waals surface area contributed by atoms with Crippen LogP contribution in [0.5, 0.6) is 0 Å². The van der Waals surface area contributed by atoms with Crippen LogP contribution in [0.2, 0.25) is 0 Å². The Labute approximate surface area is 129 Å². The van der Waals surface area contributed by atoms with Crippen LogP contribution in [-0.4, -0.2) is 30.1 Å². The van der Waals surface area contributed by atoms with E-state index in [4.69, 9.17) is 0 Å². The maximum atomic E-state index is 11.8. The number of pyridine rings is 1. The second-order valence-corrected chi connectivity index (χ2v) is 7.43. The zero-order valence-electron chi connectivity index (χ0n) is 11.0. The van der Waals surface area contributed by atoms with Gasteiger partial charge in [-0.1, -0.05) is 35.4 Å². The van der Waals surface area contributed by atoms with Crippen molar-refractivity contribution < 1.29 is 8.42 Å². The highest BCUT2D eigenvalue weighted by atomic mass is 127. The van der Waals surface area contributed by atoms with Gasteiger partial charge in [0.15, 0.2) is 0 Å². The van der Waals surface area contributed by atoms with E-state index in [-0.39, 0.29) is 5.75 Å². The molecule has 0 unspecified atom stereocenters. The fourth-order valence-electron chi connectivity index (χ4n) is 1.67. The van der Waals surface area contributed by atoms with E-state index >= 15 is 0 Å². The third-order valence-corrected chi connectivity index (χ3v) is 4.94. The second kappa shape index (κ2) is 9.66. The second-order valence-electron chi connectivity index (χ2n) is 4.42. The highest BCUT2D eigenvalue weighted by Gasteiger charge is 2.09. The predicted molar refractivity (Wildman–Crippen MR) is 87.1 cm³/mol. The Morgan fingerprint density at radius 1 is 1.11 bits per heavy atom. The number of aromatic nitrogens is 1. The molecule has 0 saturated heterocycles. The first kappa shape index (κ1) is 16.8. The van der Waals surface area contributed by atoms with E-state index in [1.54, 1.807) is 12.4 Å². The molecule has 0 aliphatic heterocycles. The Morgan fingerprint density at radius 2 is 1.79 bits per heavy atom. The van der Waals surface area contributed by atoms with Crippen molar-refractivity contribution in [2.45, 2.75) is 32.1 Å². The van der Waals surface area contributed by atoms with E-state index < -0.39 is 10.0 Å². The van der Waals surface area contributed by atoms with E-state index in [0.29, 0.717) is 13.0 Å². The zero-order chi connectivity index (χ0) is 14.0.